The maximum Gasteiger partial charge on any atom is 0.338 e. The Morgan fingerprint density at radius 2 is 1.93 bits per heavy atom. The number of halogens is 1. The SMILES string of the molecule is CCCOC(=O)c1ccc(NC(=O)c2cc(-c3cccc(F)c3)no2)cc1. The summed E-state index contributed by atoms with van der Waals surface area (Å²) in [6.07, 6.45) is 0.745. The van der Waals surface area contributed by atoms with Gasteiger partial charge in [-0.2, -0.15) is 0 Å². The third-order valence-corrected chi connectivity index (χ3v) is 3.67. The van der Waals surface area contributed by atoms with Crippen molar-refractivity contribution in [1.29, 1.82) is 0 Å². The second-order valence-electron chi connectivity index (χ2n) is 5.75. The third kappa shape index (κ3) is 4.58. The zero-order chi connectivity index (χ0) is 19.2. The molecule has 3 rings (SSSR count). The van der Waals surface area contributed by atoms with E-state index >= 15 is 0 Å². The molecule has 1 N–H and O–H groups in total. The van der Waals surface area contributed by atoms with Crippen molar-refractivity contribution in [2.75, 3.05) is 11.9 Å². The normalized spacial score (nSPS) is 10.4. The van der Waals surface area contributed by atoms with Crippen LogP contribution in [0, 0.1) is 5.82 Å². The molecule has 0 atom stereocenters. The second kappa shape index (κ2) is 8.27. The molecule has 0 fully saturated rings. The highest BCUT2D eigenvalue weighted by Crippen LogP contribution is 2.21. The van der Waals surface area contributed by atoms with Gasteiger partial charge in [0.1, 0.15) is 11.5 Å². The second-order valence-corrected chi connectivity index (χ2v) is 5.75. The summed E-state index contributed by atoms with van der Waals surface area (Å²) >= 11 is 0. The fourth-order valence-electron chi connectivity index (χ4n) is 2.33. The number of nitrogens with one attached hydrogen (secondary N) is 1. The first-order chi connectivity index (χ1) is 13.1. The molecule has 3 aromatic rings. The predicted molar refractivity (Wildman–Crippen MR) is 96.9 cm³/mol. The molecule has 0 radical (unpaired) electrons. The van der Waals surface area contributed by atoms with Crippen LogP contribution in [0.15, 0.2) is 59.1 Å². The molecule has 0 aliphatic carbocycles. The van der Waals surface area contributed by atoms with E-state index < -0.39 is 17.7 Å². The van der Waals surface area contributed by atoms with Gasteiger partial charge in [-0.05, 0) is 42.8 Å². The van der Waals surface area contributed by atoms with Crippen LogP contribution in [0.5, 0.6) is 0 Å². The molecule has 0 saturated heterocycles. The maximum atomic E-state index is 13.3. The van der Waals surface area contributed by atoms with Gasteiger partial charge >= 0.3 is 5.97 Å². The molecular weight excluding hydrogens is 351 g/mol. The number of aromatic nitrogens is 1. The lowest BCUT2D eigenvalue weighted by Crippen LogP contribution is -2.11. The molecule has 1 heterocycles. The molecule has 2 aromatic carbocycles. The van der Waals surface area contributed by atoms with E-state index in [-0.39, 0.29) is 5.76 Å². The first-order valence-electron chi connectivity index (χ1n) is 8.38. The molecule has 1 amide bonds. The van der Waals surface area contributed by atoms with E-state index in [1.165, 1.54) is 18.2 Å². The monoisotopic (exact) mass is 368 g/mol. The number of rotatable bonds is 6. The number of nitrogens with zero attached hydrogens (tertiary/aromatic N) is 1. The molecule has 0 aliphatic rings. The molecule has 138 valence electrons. The minimum atomic E-state index is -0.508. The molecule has 0 aliphatic heterocycles. The molecule has 1 aromatic heterocycles. The van der Waals surface area contributed by atoms with Gasteiger partial charge in [0.25, 0.3) is 5.91 Å². The Morgan fingerprint density at radius 3 is 2.63 bits per heavy atom. The van der Waals surface area contributed by atoms with Gasteiger partial charge in [0, 0.05) is 17.3 Å². The number of carbonyl (C=O) groups excluding carboxylic acids is 2. The number of carbonyl (C=O) groups is 2. The van der Waals surface area contributed by atoms with Crippen LogP contribution in [0.2, 0.25) is 0 Å². The van der Waals surface area contributed by atoms with Crippen molar-refractivity contribution in [2.24, 2.45) is 0 Å². The lowest BCUT2D eigenvalue weighted by atomic mass is 10.1. The molecule has 6 nitrogen and oxygen atoms in total. The van der Waals surface area contributed by atoms with Crippen molar-refractivity contribution in [2.45, 2.75) is 13.3 Å². The van der Waals surface area contributed by atoms with Gasteiger partial charge in [0.15, 0.2) is 0 Å². The average Bonchev–Trinajstić information content (AvgIpc) is 3.17. The van der Waals surface area contributed by atoms with Gasteiger partial charge in [-0.3, -0.25) is 4.79 Å². The number of hydrogen-bond acceptors (Lipinski definition) is 5. The Hall–Kier alpha value is -3.48. The summed E-state index contributed by atoms with van der Waals surface area (Å²) in [6.45, 7) is 2.27. The Morgan fingerprint density at radius 1 is 1.15 bits per heavy atom. The predicted octanol–water partition coefficient (Wildman–Crippen LogP) is 4.30. The van der Waals surface area contributed by atoms with Gasteiger partial charge in [-0.1, -0.05) is 24.2 Å². The molecule has 7 heteroatoms. The van der Waals surface area contributed by atoms with E-state index in [2.05, 4.69) is 10.5 Å². The van der Waals surface area contributed by atoms with Crippen LogP contribution in [0.3, 0.4) is 0 Å². The quantitative estimate of drug-likeness (QED) is 0.656. The number of esters is 1. The van der Waals surface area contributed by atoms with Crippen LogP contribution in [0.25, 0.3) is 11.3 Å². The van der Waals surface area contributed by atoms with E-state index in [1.54, 1.807) is 36.4 Å². The molecule has 0 unspecified atom stereocenters. The minimum Gasteiger partial charge on any atom is -0.462 e. The molecule has 0 saturated carbocycles. The highest BCUT2D eigenvalue weighted by molar-refractivity contribution is 6.03. The number of ether oxygens (including phenoxy) is 1. The maximum absolute atomic E-state index is 13.3. The average molecular weight is 368 g/mol. The fourth-order valence-corrected chi connectivity index (χ4v) is 2.33. The van der Waals surface area contributed by atoms with E-state index in [9.17, 15) is 14.0 Å². The summed E-state index contributed by atoms with van der Waals surface area (Å²) in [5, 5.41) is 6.44. The summed E-state index contributed by atoms with van der Waals surface area (Å²) in [5.41, 5.74) is 1.74. The molecule has 0 spiro atoms. The number of hydrogen-bond donors (Lipinski definition) is 1. The Balaban J connectivity index is 1.66. The zero-order valence-electron chi connectivity index (χ0n) is 14.6. The van der Waals surface area contributed by atoms with Crippen molar-refractivity contribution in [1.82, 2.24) is 5.16 Å². The summed E-state index contributed by atoms with van der Waals surface area (Å²) < 4.78 is 23.4. The van der Waals surface area contributed by atoms with Crippen molar-refractivity contribution in [3.05, 3.63) is 71.7 Å². The third-order valence-electron chi connectivity index (χ3n) is 3.67. The standard InChI is InChI=1S/C20H17FN2O4/c1-2-10-26-20(25)13-6-8-16(9-7-13)22-19(24)18-12-17(23-27-18)14-4-3-5-15(21)11-14/h3-9,11-12H,2,10H2,1H3,(H,22,24). The van der Waals surface area contributed by atoms with Gasteiger partial charge in [-0.15, -0.1) is 0 Å². The molecule has 27 heavy (non-hydrogen) atoms. The van der Waals surface area contributed by atoms with Crippen molar-refractivity contribution < 1.29 is 23.2 Å². The Kier molecular flexibility index (Phi) is 5.61. The Bertz CT molecular complexity index is 951. The number of benzene rings is 2. The van der Waals surface area contributed by atoms with Crippen LogP contribution < -0.4 is 5.32 Å². The Labute approximate surface area is 154 Å². The summed E-state index contributed by atoms with van der Waals surface area (Å²) in [6, 6.07) is 13.6. The van der Waals surface area contributed by atoms with Gasteiger partial charge in [0.05, 0.1) is 12.2 Å². The first-order valence-corrected chi connectivity index (χ1v) is 8.38. The summed E-state index contributed by atoms with van der Waals surface area (Å²) in [5.74, 6) is -1.34. The number of amides is 1. The smallest absolute Gasteiger partial charge is 0.338 e. The zero-order valence-corrected chi connectivity index (χ0v) is 14.6. The highest BCUT2D eigenvalue weighted by atomic mass is 19.1. The van der Waals surface area contributed by atoms with Crippen LogP contribution in [0.1, 0.15) is 34.3 Å². The van der Waals surface area contributed by atoms with E-state index in [0.29, 0.717) is 29.1 Å². The summed E-state index contributed by atoms with van der Waals surface area (Å²) in [4.78, 5) is 24.0. The van der Waals surface area contributed by atoms with Gasteiger partial charge in [-0.25, -0.2) is 9.18 Å². The van der Waals surface area contributed by atoms with Gasteiger partial charge < -0.3 is 14.6 Å². The topological polar surface area (TPSA) is 81.4 Å². The van der Waals surface area contributed by atoms with Crippen LogP contribution in [-0.2, 0) is 4.74 Å². The lowest BCUT2D eigenvalue weighted by Gasteiger charge is -2.05. The molecular formula is C20H17FN2O4. The van der Waals surface area contributed by atoms with Crippen LogP contribution in [0.4, 0.5) is 10.1 Å². The molecule has 0 bridgehead atoms. The fraction of sp³-hybridized carbons (Fsp3) is 0.150. The largest absolute Gasteiger partial charge is 0.462 e. The minimum absolute atomic E-state index is 0.0132. The highest BCUT2D eigenvalue weighted by Gasteiger charge is 2.15. The first kappa shape index (κ1) is 18.3. The van der Waals surface area contributed by atoms with E-state index in [1.807, 2.05) is 6.92 Å². The van der Waals surface area contributed by atoms with Crippen molar-refractivity contribution >= 4 is 17.6 Å². The van der Waals surface area contributed by atoms with Gasteiger partial charge in [0.2, 0.25) is 5.76 Å². The summed E-state index contributed by atoms with van der Waals surface area (Å²) in [7, 11) is 0. The van der Waals surface area contributed by atoms with Crippen molar-refractivity contribution in [3.8, 4) is 11.3 Å². The lowest BCUT2D eigenvalue weighted by molar-refractivity contribution is 0.0505. The number of anilines is 1. The van der Waals surface area contributed by atoms with E-state index in [4.69, 9.17) is 9.26 Å². The van der Waals surface area contributed by atoms with Crippen molar-refractivity contribution in [3.63, 3.8) is 0 Å². The van der Waals surface area contributed by atoms with E-state index in [0.717, 1.165) is 6.42 Å². The van der Waals surface area contributed by atoms with Crippen LogP contribution in [-0.4, -0.2) is 23.6 Å². The van der Waals surface area contributed by atoms with Crippen LogP contribution >= 0.6 is 0 Å².